The molecule has 26 heavy (non-hydrogen) atoms. The number of rotatable bonds is 4. The first-order valence-corrected chi connectivity index (χ1v) is 8.55. The molecule has 0 unspecified atom stereocenters. The zero-order chi connectivity index (χ0) is 17.9. The van der Waals surface area contributed by atoms with Crippen LogP contribution in [0, 0.1) is 0 Å². The van der Waals surface area contributed by atoms with Crippen LogP contribution in [-0.2, 0) is 0 Å². The minimum atomic E-state index is 0.620. The Labute approximate surface area is 156 Å². The number of hydrogen-bond acceptors (Lipinski definition) is 4. The Morgan fingerprint density at radius 1 is 0.885 bits per heavy atom. The molecule has 0 aliphatic heterocycles. The molecule has 0 aliphatic carbocycles. The first-order chi connectivity index (χ1) is 12.7. The lowest BCUT2D eigenvalue weighted by molar-refractivity contribution is 0.417. The summed E-state index contributed by atoms with van der Waals surface area (Å²) in [7, 11) is 1.63. The maximum Gasteiger partial charge on any atom is 0.162 e. The maximum atomic E-state index is 6.16. The standard InChI is InChI=1S/C21H16ClN3O/c1-26-19-12-11-15(22)13-18(19)24-21-16-9-5-6-10-17(16)23-20(25-21)14-7-3-2-4-8-14/h2-13H,1H3,(H,23,24,25). The summed E-state index contributed by atoms with van der Waals surface area (Å²) in [6, 6.07) is 23.2. The number of aromatic nitrogens is 2. The number of nitrogens with one attached hydrogen (secondary N) is 1. The van der Waals surface area contributed by atoms with Crippen molar-refractivity contribution in [2.24, 2.45) is 0 Å². The fourth-order valence-electron chi connectivity index (χ4n) is 2.79. The van der Waals surface area contributed by atoms with Crippen molar-refractivity contribution in [2.45, 2.75) is 0 Å². The van der Waals surface area contributed by atoms with Crippen molar-refractivity contribution >= 4 is 34.0 Å². The van der Waals surface area contributed by atoms with E-state index in [2.05, 4.69) is 5.32 Å². The summed E-state index contributed by atoms with van der Waals surface area (Å²) in [4.78, 5) is 9.45. The minimum Gasteiger partial charge on any atom is -0.495 e. The molecule has 0 fully saturated rings. The lowest BCUT2D eigenvalue weighted by atomic mass is 10.2. The highest BCUT2D eigenvalue weighted by molar-refractivity contribution is 6.31. The van der Waals surface area contributed by atoms with Crippen molar-refractivity contribution in [2.75, 3.05) is 12.4 Å². The van der Waals surface area contributed by atoms with Crippen LogP contribution in [0.2, 0.25) is 5.02 Å². The average molecular weight is 362 g/mol. The monoisotopic (exact) mass is 361 g/mol. The zero-order valence-electron chi connectivity index (χ0n) is 14.1. The van der Waals surface area contributed by atoms with E-state index >= 15 is 0 Å². The molecule has 128 valence electrons. The normalized spacial score (nSPS) is 10.7. The number of ether oxygens (including phenoxy) is 1. The van der Waals surface area contributed by atoms with Gasteiger partial charge in [0.15, 0.2) is 5.82 Å². The van der Waals surface area contributed by atoms with Gasteiger partial charge in [-0.2, -0.15) is 0 Å². The summed E-state index contributed by atoms with van der Waals surface area (Å²) in [5, 5.41) is 4.90. The number of para-hydroxylation sites is 1. The predicted molar refractivity (Wildman–Crippen MR) is 106 cm³/mol. The molecule has 5 heteroatoms. The summed E-state index contributed by atoms with van der Waals surface area (Å²) in [5.74, 6) is 2.06. The van der Waals surface area contributed by atoms with E-state index < -0.39 is 0 Å². The molecule has 0 atom stereocenters. The van der Waals surface area contributed by atoms with Crippen LogP contribution in [0.3, 0.4) is 0 Å². The van der Waals surface area contributed by atoms with E-state index in [-0.39, 0.29) is 0 Å². The number of halogens is 1. The Kier molecular flexibility index (Phi) is 4.42. The van der Waals surface area contributed by atoms with E-state index in [4.69, 9.17) is 26.3 Å². The van der Waals surface area contributed by atoms with Crippen LogP contribution in [0.4, 0.5) is 11.5 Å². The fourth-order valence-corrected chi connectivity index (χ4v) is 2.97. The van der Waals surface area contributed by atoms with E-state index in [9.17, 15) is 0 Å². The molecule has 0 radical (unpaired) electrons. The van der Waals surface area contributed by atoms with E-state index in [0.717, 1.165) is 22.2 Å². The van der Waals surface area contributed by atoms with Crippen molar-refractivity contribution in [3.8, 4) is 17.1 Å². The third-order valence-electron chi connectivity index (χ3n) is 4.05. The number of methoxy groups -OCH3 is 1. The summed E-state index contributed by atoms with van der Waals surface area (Å²) in [5.41, 5.74) is 2.58. The number of hydrogen-bond donors (Lipinski definition) is 1. The Balaban J connectivity index is 1.87. The zero-order valence-corrected chi connectivity index (χ0v) is 14.9. The molecule has 0 amide bonds. The summed E-state index contributed by atoms with van der Waals surface area (Å²) >= 11 is 6.16. The van der Waals surface area contributed by atoms with E-state index in [1.807, 2.05) is 66.7 Å². The highest BCUT2D eigenvalue weighted by Crippen LogP contribution is 2.33. The molecular weight excluding hydrogens is 346 g/mol. The summed E-state index contributed by atoms with van der Waals surface area (Å²) < 4.78 is 5.43. The molecular formula is C21H16ClN3O. The van der Waals surface area contributed by atoms with Crippen molar-refractivity contribution < 1.29 is 4.74 Å². The van der Waals surface area contributed by atoms with Crippen molar-refractivity contribution in [3.63, 3.8) is 0 Å². The van der Waals surface area contributed by atoms with Gasteiger partial charge in [-0.1, -0.05) is 54.1 Å². The van der Waals surface area contributed by atoms with E-state index in [1.165, 1.54) is 0 Å². The topological polar surface area (TPSA) is 47.0 Å². The highest BCUT2D eigenvalue weighted by Gasteiger charge is 2.12. The highest BCUT2D eigenvalue weighted by atomic mass is 35.5. The van der Waals surface area contributed by atoms with Crippen LogP contribution in [0.15, 0.2) is 72.8 Å². The average Bonchev–Trinajstić information content (AvgIpc) is 2.69. The Bertz CT molecular complexity index is 1070. The molecule has 3 aromatic carbocycles. The van der Waals surface area contributed by atoms with Crippen LogP contribution in [0.5, 0.6) is 5.75 Å². The quantitative estimate of drug-likeness (QED) is 0.506. The van der Waals surface area contributed by atoms with Crippen molar-refractivity contribution in [1.29, 1.82) is 0 Å². The molecule has 1 N–H and O–H groups in total. The van der Waals surface area contributed by atoms with Crippen LogP contribution in [0.25, 0.3) is 22.3 Å². The third-order valence-corrected chi connectivity index (χ3v) is 4.28. The number of anilines is 2. The molecule has 0 spiro atoms. The lowest BCUT2D eigenvalue weighted by Crippen LogP contribution is -2.01. The number of benzene rings is 3. The van der Waals surface area contributed by atoms with Gasteiger partial charge >= 0.3 is 0 Å². The maximum absolute atomic E-state index is 6.16. The van der Waals surface area contributed by atoms with Gasteiger partial charge in [0.25, 0.3) is 0 Å². The van der Waals surface area contributed by atoms with Gasteiger partial charge in [0.1, 0.15) is 11.6 Å². The van der Waals surface area contributed by atoms with Crippen LogP contribution < -0.4 is 10.1 Å². The largest absolute Gasteiger partial charge is 0.495 e. The van der Waals surface area contributed by atoms with Gasteiger partial charge in [0, 0.05) is 16.0 Å². The molecule has 1 aromatic heterocycles. The van der Waals surface area contributed by atoms with Gasteiger partial charge in [0.2, 0.25) is 0 Å². The molecule has 1 heterocycles. The Hall–Kier alpha value is -3.11. The summed E-state index contributed by atoms with van der Waals surface area (Å²) in [6.07, 6.45) is 0. The molecule has 4 aromatic rings. The smallest absolute Gasteiger partial charge is 0.162 e. The van der Waals surface area contributed by atoms with E-state index in [0.29, 0.717) is 22.4 Å². The van der Waals surface area contributed by atoms with Crippen LogP contribution in [0.1, 0.15) is 0 Å². The van der Waals surface area contributed by atoms with Gasteiger partial charge in [-0.25, -0.2) is 9.97 Å². The number of fused-ring (bicyclic) bond motifs is 1. The second-order valence-electron chi connectivity index (χ2n) is 5.75. The van der Waals surface area contributed by atoms with Gasteiger partial charge in [0.05, 0.1) is 18.3 Å². The van der Waals surface area contributed by atoms with Crippen LogP contribution >= 0.6 is 11.6 Å². The molecule has 0 saturated heterocycles. The molecule has 0 saturated carbocycles. The fraction of sp³-hybridized carbons (Fsp3) is 0.0476. The van der Waals surface area contributed by atoms with Gasteiger partial charge in [-0.05, 0) is 30.3 Å². The molecule has 0 aliphatic rings. The first kappa shape index (κ1) is 16.4. The van der Waals surface area contributed by atoms with Gasteiger partial charge in [-0.3, -0.25) is 0 Å². The number of nitrogens with zero attached hydrogens (tertiary/aromatic N) is 2. The van der Waals surface area contributed by atoms with Gasteiger partial charge < -0.3 is 10.1 Å². The third kappa shape index (κ3) is 3.19. The minimum absolute atomic E-state index is 0.620. The molecule has 0 bridgehead atoms. The van der Waals surface area contributed by atoms with Crippen molar-refractivity contribution in [3.05, 3.63) is 77.8 Å². The van der Waals surface area contributed by atoms with Crippen molar-refractivity contribution in [1.82, 2.24) is 9.97 Å². The molecule has 4 rings (SSSR count). The second-order valence-corrected chi connectivity index (χ2v) is 6.19. The second kappa shape index (κ2) is 7.02. The van der Waals surface area contributed by atoms with E-state index in [1.54, 1.807) is 13.2 Å². The first-order valence-electron chi connectivity index (χ1n) is 8.17. The lowest BCUT2D eigenvalue weighted by Gasteiger charge is -2.14. The van der Waals surface area contributed by atoms with Crippen LogP contribution in [-0.4, -0.2) is 17.1 Å². The molecule has 4 nitrogen and oxygen atoms in total. The Morgan fingerprint density at radius 3 is 2.46 bits per heavy atom. The SMILES string of the molecule is COc1ccc(Cl)cc1Nc1nc(-c2ccccc2)nc2ccccc12. The predicted octanol–water partition coefficient (Wildman–Crippen LogP) is 5.70. The van der Waals surface area contributed by atoms with Gasteiger partial charge in [-0.15, -0.1) is 0 Å². The Morgan fingerprint density at radius 2 is 1.65 bits per heavy atom. The summed E-state index contributed by atoms with van der Waals surface area (Å²) in [6.45, 7) is 0.